The predicted octanol–water partition coefficient (Wildman–Crippen LogP) is 3.83. The monoisotopic (exact) mass is 416 g/mol. The molecule has 0 aliphatic rings. The fourth-order valence-electron chi connectivity index (χ4n) is 3.08. The number of aromatic nitrogens is 2. The van der Waals surface area contributed by atoms with Gasteiger partial charge in [-0.15, -0.1) is 0 Å². The summed E-state index contributed by atoms with van der Waals surface area (Å²) in [6.07, 6.45) is 0. The van der Waals surface area contributed by atoms with E-state index in [0.717, 1.165) is 5.56 Å². The molecule has 0 amide bonds. The summed E-state index contributed by atoms with van der Waals surface area (Å²) in [6, 6.07) is 21.2. The van der Waals surface area contributed by atoms with Crippen LogP contribution < -0.4 is 15.0 Å². The fraction of sp³-hybridized carbons (Fsp3) is 0.125. The van der Waals surface area contributed by atoms with E-state index in [1.165, 1.54) is 7.11 Å². The summed E-state index contributed by atoms with van der Waals surface area (Å²) in [5, 5.41) is 0.551. The number of aromatic amines is 1. The van der Waals surface area contributed by atoms with Gasteiger partial charge in [0.05, 0.1) is 23.6 Å². The molecule has 3 aromatic carbocycles. The van der Waals surface area contributed by atoms with Crippen molar-refractivity contribution in [1.82, 2.24) is 9.97 Å². The van der Waals surface area contributed by atoms with Crippen LogP contribution in [0.4, 0.5) is 0 Å². The smallest absolute Gasteiger partial charge is 0.337 e. The van der Waals surface area contributed by atoms with Crippen molar-refractivity contribution < 1.29 is 19.0 Å². The van der Waals surface area contributed by atoms with Gasteiger partial charge in [-0.1, -0.05) is 24.3 Å². The maximum atomic E-state index is 12.3. The third-order valence-electron chi connectivity index (χ3n) is 4.62. The van der Waals surface area contributed by atoms with Gasteiger partial charge in [-0.05, 0) is 48.5 Å². The lowest BCUT2D eigenvalue weighted by atomic mass is 10.2. The number of fused-ring (bicyclic) bond motifs is 1. The maximum absolute atomic E-state index is 12.3. The number of H-pyrrole nitrogens is 1. The van der Waals surface area contributed by atoms with Crippen LogP contribution in [0.5, 0.6) is 11.5 Å². The second-order valence-corrected chi connectivity index (χ2v) is 6.67. The van der Waals surface area contributed by atoms with E-state index in [0.29, 0.717) is 47.0 Å². The number of nitrogens with one attached hydrogen (secondary N) is 1. The van der Waals surface area contributed by atoms with Crippen molar-refractivity contribution in [2.75, 3.05) is 20.3 Å². The lowest BCUT2D eigenvalue weighted by Crippen LogP contribution is -2.10. The first-order valence-electron chi connectivity index (χ1n) is 9.67. The number of carbonyl (C=O) groups is 1. The molecule has 31 heavy (non-hydrogen) atoms. The van der Waals surface area contributed by atoms with E-state index in [2.05, 4.69) is 14.7 Å². The standard InChI is InChI=1S/C24H20N2O5/c1-29-24(28)16-9-11-18(12-10-16)30-13-14-31-19-6-4-5-17(15-19)22-25-21-8-3-2-7-20(21)23(27)26-22/h2-12,15H,13-14H2,1H3,(H,25,26,27). The molecule has 156 valence electrons. The Kier molecular flexibility index (Phi) is 5.93. The molecule has 0 fully saturated rings. The van der Waals surface area contributed by atoms with Crippen LogP contribution >= 0.6 is 0 Å². The predicted molar refractivity (Wildman–Crippen MR) is 117 cm³/mol. The molecule has 7 heteroatoms. The third-order valence-corrected chi connectivity index (χ3v) is 4.62. The highest BCUT2D eigenvalue weighted by Crippen LogP contribution is 2.21. The van der Waals surface area contributed by atoms with Crippen LogP contribution in [0.25, 0.3) is 22.3 Å². The van der Waals surface area contributed by atoms with Gasteiger partial charge in [0, 0.05) is 5.56 Å². The highest BCUT2D eigenvalue weighted by Gasteiger charge is 2.07. The van der Waals surface area contributed by atoms with Gasteiger partial charge < -0.3 is 19.2 Å². The Morgan fingerprint density at radius 1 is 0.903 bits per heavy atom. The van der Waals surface area contributed by atoms with E-state index >= 15 is 0 Å². The molecule has 0 atom stereocenters. The highest BCUT2D eigenvalue weighted by atomic mass is 16.5. The van der Waals surface area contributed by atoms with Gasteiger partial charge in [0.1, 0.15) is 30.5 Å². The molecule has 1 aromatic heterocycles. The van der Waals surface area contributed by atoms with Gasteiger partial charge in [0.2, 0.25) is 0 Å². The maximum Gasteiger partial charge on any atom is 0.337 e. The van der Waals surface area contributed by atoms with Crippen LogP contribution in [0.2, 0.25) is 0 Å². The van der Waals surface area contributed by atoms with E-state index in [1.807, 2.05) is 42.5 Å². The number of nitrogens with zero attached hydrogens (tertiary/aromatic N) is 1. The number of methoxy groups -OCH3 is 1. The molecule has 4 rings (SSSR count). The molecule has 0 saturated heterocycles. The molecular formula is C24H20N2O5. The van der Waals surface area contributed by atoms with E-state index in [1.54, 1.807) is 30.3 Å². The molecule has 0 saturated carbocycles. The minimum atomic E-state index is -0.392. The minimum absolute atomic E-state index is 0.182. The highest BCUT2D eigenvalue weighted by molar-refractivity contribution is 5.89. The summed E-state index contributed by atoms with van der Waals surface area (Å²) >= 11 is 0. The Labute approximate surface area is 178 Å². The summed E-state index contributed by atoms with van der Waals surface area (Å²) in [7, 11) is 1.34. The molecule has 1 heterocycles. The van der Waals surface area contributed by atoms with Crippen molar-refractivity contribution >= 4 is 16.9 Å². The normalized spacial score (nSPS) is 10.6. The van der Waals surface area contributed by atoms with Crippen molar-refractivity contribution in [2.24, 2.45) is 0 Å². The Hall–Kier alpha value is -4.13. The lowest BCUT2D eigenvalue weighted by Gasteiger charge is -2.10. The third kappa shape index (κ3) is 4.72. The van der Waals surface area contributed by atoms with Crippen LogP contribution in [0.15, 0.2) is 77.6 Å². The summed E-state index contributed by atoms with van der Waals surface area (Å²) < 4.78 is 16.1. The van der Waals surface area contributed by atoms with E-state index in [9.17, 15) is 9.59 Å². The zero-order valence-corrected chi connectivity index (χ0v) is 16.8. The first kappa shape index (κ1) is 20.2. The number of ether oxygens (including phenoxy) is 3. The number of rotatable bonds is 7. The van der Waals surface area contributed by atoms with Crippen molar-refractivity contribution in [3.8, 4) is 22.9 Å². The van der Waals surface area contributed by atoms with Crippen LogP contribution in [0.3, 0.4) is 0 Å². The summed E-state index contributed by atoms with van der Waals surface area (Å²) in [5.41, 5.74) is 1.67. The number of hydrogen-bond donors (Lipinski definition) is 1. The number of hydrogen-bond acceptors (Lipinski definition) is 6. The molecule has 7 nitrogen and oxygen atoms in total. The summed E-state index contributed by atoms with van der Waals surface area (Å²) in [6.45, 7) is 0.650. The SMILES string of the molecule is COC(=O)c1ccc(OCCOc2cccc(-c3nc4ccccc4c(=O)[nH]3)c2)cc1. The van der Waals surface area contributed by atoms with Crippen LogP contribution in [-0.2, 0) is 4.74 Å². The van der Waals surface area contributed by atoms with Gasteiger partial charge in [0.15, 0.2) is 0 Å². The Bertz CT molecular complexity index is 1260. The number of carbonyl (C=O) groups excluding carboxylic acids is 1. The van der Waals surface area contributed by atoms with Gasteiger partial charge in [0.25, 0.3) is 5.56 Å². The van der Waals surface area contributed by atoms with Gasteiger partial charge in [-0.3, -0.25) is 4.79 Å². The van der Waals surface area contributed by atoms with Crippen molar-refractivity contribution in [1.29, 1.82) is 0 Å². The topological polar surface area (TPSA) is 90.5 Å². The number of benzene rings is 3. The van der Waals surface area contributed by atoms with E-state index in [4.69, 9.17) is 9.47 Å². The quantitative estimate of drug-likeness (QED) is 0.364. The Morgan fingerprint density at radius 2 is 1.65 bits per heavy atom. The summed E-state index contributed by atoms with van der Waals surface area (Å²) in [5.74, 6) is 1.36. The molecule has 0 aliphatic carbocycles. The van der Waals surface area contributed by atoms with Crippen molar-refractivity contribution in [3.63, 3.8) is 0 Å². The van der Waals surface area contributed by atoms with Gasteiger partial charge >= 0.3 is 5.97 Å². The lowest BCUT2D eigenvalue weighted by molar-refractivity contribution is 0.0600. The number of para-hydroxylation sites is 1. The average molecular weight is 416 g/mol. The first-order valence-corrected chi connectivity index (χ1v) is 9.67. The zero-order chi connectivity index (χ0) is 21.6. The summed E-state index contributed by atoms with van der Waals surface area (Å²) in [4.78, 5) is 31.1. The second-order valence-electron chi connectivity index (χ2n) is 6.67. The second kappa shape index (κ2) is 9.13. The molecule has 0 unspecified atom stereocenters. The Balaban J connectivity index is 1.38. The zero-order valence-electron chi connectivity index (χ0n) is 16.8. The Morgan fingerprint density at radius 3 is 2.42 bits per heavy atom. The number of esters is 1. The largest absolute Gasteiger partial charge is 0.490 e. The van der Waals surface area contributed by atoms with Crippen molar-refractivity contribution in [3.05, 3.63) is 88.7 Å². The molecule has 0 spiro atoms. The molecule has 4 aromatic rings. The van der Waals surface area contributed by atoms with Gasteiger partial charge in [-0.2, -0.15) is 0 Å². The molecule has 0 radical (unpaired) electrons. The fourth-order valence-corrected chi connectivity index (χ4v) is 3.08. The molecule has 1 N–H and O–H groups in total. The van der Waals surface area contributed by atoms with Crippen LogP contribution in [0.1, 0.15) is 10.4 Å². The molecule has 0 bridgehead atoms. The minimum Gasteiger partial charge on any atom is -0.490 e. The van der Waals surface area contributed by atoms with Crippen LogP contribution in [0, 0.1) is 0 Å². The first-order chi connectivity index (χ1) is 15.1. The van der Waals surface area contributed by atoms with Gasteiger partial charge in [-0.25, -0.2) is 9.78 Å². The molecular weight excluding hydrogens is 396 g/mol. The molecule has 0 aliphatic heterocycles. The average Bonchev–Trinajstić information content (AvgIpc) is 2.82. The van der Waals surface area contributed by atoms with E-state index in [-0.39, 0.29) is 5.56 Å². The van der Waals surface area contributed by atoms with E-state index < -0.39 is 5.97 Å². The van der Waals surface area contributed by atoms with Crippen LogP contribution in [-0.4, -0.2) is 36.3 Å². The van der Waals surface area contributed by atoms with Crippen molar-refractivity contribution in [2.45, 2.75) is 0 Å².